The van der Waals surface area contributed by atoms with E-state index in [4.69, 9.17) is 4.52 Å². The lowest BCUT2D eigenvalue weighted by Gasteiger charge is -2.19. The molecule has 0 saturated carbocycles. The highest BCUT2D eigenvalue weighted by atomic mass is 19.1. The monoisotopic (exact) mass is 299 g/mol. The molecule has 3 aromatic rings. The van der Waals surface area contributed by atoms with Gasteiger partial charge in [0.05, 0.1) is 23.3 Å². The molecule has 112 valence electrons. The third-order valence-corrected chi connectivity index (χ3v) is 3.94. The first-order valence-corrected chi connectivity index (χ1v) is 7.16. The zero-order valence-electron chi connectivity index (χ0n) is 12.0. The molecule has 0 aliphatic carbocycles. The van der Waals surface area contributed by atoms with E-state index in [0.717, 1.165) is 25.2 Å². The van der Waals surface area contributed by atoms with E-state index in [9.17, 15) is 4.39 Å². The molecular formula is C15H14FN5O. The van der Waals surface area contributed by atoms with Crippen LogP contribution in [0, 0.1) is 12.7 Å². The van der Waals surface area contributed by atoms with Crippen LogP contribution in [0.1, 0.15) is 24.1 Å². The Kier molecular flexibility index (Phi) is 2.99. The second-order valence-corrected chi connectivity index (χ2v) is 5.46. The summed E-state index contributed by atoms with van der Waals surface area (Å²) in [6.45, 7) is 3.46. The van der Waals surface area contributed by atoms with E-state index in [0.29, 0.717) is 22.7 Å². The standard InChI is InChI=1S/C15H14FN5O/c1-9-19-15(22-20-9)10-3-5-21(8-10)13-2-4-17-12-6-11(16)7-18-14(12)13/h2,4,6-7,10H,3,5,8H2,1H3. The SMILES string of the molecule is Cc1noc(C2CCN(c3ccnc4cc(F)cnc34)C2)n1. The number of halogens is 1. The molecule has 7 heteroatoms. The van der Waals surface area contributed by atoms with Crippen LogP contribution in [-0.2, 0) is 0 Å². The molecule has 0 amide bonds. The normalized spacial score (nSPS) is 18.3. The number of aryl methyl sites for hydroxylation is 1. The van der Waals surface area contributed by atoms with Gasteiger partial charge in [0, 0.05) is 25.4 Å². The van der Waals surface area contributed by atoms with Gasteiger partial charge in [0.15, 0.2) is 5.82 Å². The number of anilines is 1. The number of hydrogen-bond acceptors (Lipinski definition) is 6. The van der Waals surface area contributed by atoms with Gasteiger partial charge in [-0.1, -0.05) is 5.16 Å². The van der Waals surface area contributed by atoms with Gasteiger partial charge in [-0.05, 0) is 19.4 Å². The predicted octanol–water partition coefficient (Wildman–Crippen LogP) is 2.45. The Labute approximate surface area is 126 Å². The van der Waals surface area contributed by atoms with Gasteiger partial charge >= 0.3 is 0 Å². The summed E-state index contributed by atoms with van der Waals surface area (Å²) in [7, 11) is 0. The van der Waals surface area contributed by atoms with Crippen molar-refractivity contribution in [3.05, 3.63) is 42.1 Å². The molecule has 6 nitrogen and oxygen atoms in total. The highest BCUT2D eigenvalue weighted by Gasteiger charge is 2.29. The number of nitrogens with zero attached hydrogens (tertiary/aromatic N) is 5. The average molecular weight is 299 g/mol. The Morgan fingerprint density at radius 2 is 2.27 bits per heavy atom. The molecule has 0 aromatic carbocycles. The smallest absolute Gasteiger partial charge is 0.231 e. The third-order valence-electron chi connectivity index (χ3n) is 3.94. The molecule has 1 fully saturated rings. The van der Waals surface area contributed by atoms with E-state index >= 15 is 0 Å². The first-order chi connectivity index (χ1) is 10.7. The van der Waals surface area contributed by atoms with Crippen LogP contribution in [-0.4, -0.2) is 33.2 Å². The molecule has 1 saturated heterocycles. The van der Waals surface area contributed by atoms with Crippen LogP contribution in [0.25, 0.3) is 11.0 Å². The van der Waals surface area contributed by atoms with Gasteiger partial charge in [0.25, 0.3) is 0 Å². The van der Waals surface area contributed by atoms with Gasteiger partial charge in [-0.25, -0.2) is 9.37 Å². The van der Waals surface area contributed by atoms with Crippen LogP contribution in [0.5, 0.6) is 0 Å². The lowest BCUT2D eigenvalue weighted by molar-refractivity contribution is 0.356. The summed E-state index contributed by atoms with van der Waals surface area (Å²) in [5, 5.41) is 3.85. The van der Waals surface area contributed by atoms with Crippen molar-refractivity contribution in [3.63, 3.8) is 0 Å². The molecule has 0 N–H and O–H groups in total. The summed E-state index contributed by atoms with van der Waals surface area (Å²) in [6.07, 6.45) is 3.85. The molecule has 0 radical (unpaired) electrons. The van der Waals surface area contributed by atoms with Gasteiger partial charge in [-0.3, -0.25) is 4.98 Å². The lowest BCUT2D eigenvalue weighted by Crippen LogP contribution is -2.20. The average Bonchev–Trinajstić information content (AvgIpc) is 3.15. The highest BCUT2D eigenvalue weighted by molar-refractivity contribution is 5.87. The maximum Gasteiger partial charge on any atom is 0.231 e. The molecule has 1 aliphatic heterocycles. The Morgan fingerprint density at radius 3 is 3.09 bits per heavy atom. The minimum Gasteiger partial charge on any atom is -0.369 e. The van der Waals surface area contributed by atoms with E-state index < -0.39 is 0 Å². The third kappa shape index (κ3) is 2.18. The number of fused-ring (bicyclic) bond motifs is 1. The summed E-state index contributed by atoms with van der Waals surface area (Å²) in [4.78, 5) is 14.9. The van der Waals surface area contributed by atoms with Gasteiger partial charge in [0.1, 0.15) is 11.3 Å². The minimum absolute atomic E-state index is 0.213. The van der Waals surface area contributed by atoms with Crippen LogP contribution < -0.4 is 4.90 Å². The first kappa shape index (κ1) is 13.1. The largest absolute Gasteiger partial charge is 0.369 e. The number of pyridine rings is 2. The van der Waals surface area contributed by atoms with Crippen molar-refractivity contribution < 1.29 is 8.91 Å². The summed E-state index contributed by atoms with van der Waals surface area (Å²) in [6, 6.07) is 3.31. The lowest BCUT2D eigenvalue weighted by atomic mass is 10.1. The van der Waals surface area contributed by atoms with Gasteiger partial charge < -0.3 is 9.42 Å². The molecule has 22 heavy (non-hydrogen) atoms. The highest BCUT2D eigenvalue weighted by Crippen LogP contribution is 2.32. The zero-order valence-corrected chi connectivity index (χ0v) is 12.0. The fourth-order valence-electron chi connectivity index (χ4n) is 2.91. The summed E-state index contributed by atoms with van der Waals surface area (Å²) >= 11 is 0. The summed E-state index contributed by atoms with van der Waals surface area (Å²) < 4.78 is 18.6. The second kappa shape index (κ2) is 5.01. The van der Waals surface area contributed by atoms with Crippen molar-refractivity contribution in [2.45, 2.75) is 19.3 Å². The Bertz CT molecular complexity index is 834. The summed E-state index contributed by atoms with van der Waals surface area (Å²) in [5.41, 5.74) is 2.24. The van der Waals surface area contributed by atoms with Crippen LogP contribution in [0.4, 0.5) is 10.1 Å². The van der Waals surface area contributed by atoms with E-state index in [1.165, 1.54) is 12.3 Å². The van der Waals surface area contributed by atoms with Gasteiger partial charge in [-0.2, -0.15) is 4.98 Å². The topological polar surface area (TPSA) is 67.9 Å². The van der Waals surface area contributed by atoms with Gasteiger partial charge in [-0.15, -0.1) is 0 Å². The fraction of sp³-hybridized carbons (Fsp3) is 0.333. The second-order valence-electron chi connectivity index (χ2n) is 5.46. The quantitative estimate of drug-likeness (QED) is 0.724. The van der Waals surface area contributed by atoms with Crippen LogP contribution >= 0.6 is 0 Å². The maximum absolute atomic E-state index is 13.3. The molecule has 1 atom stereocenters. The van der Waals surface area contributed by atoms with E-state index in [1.807, 2.05) is 13.0 Å². The summed E-state index contributed by atoms with van der Waals surface area (Å²) in [5.74, 6) is 1.17. The molecule has 4 heterocycles. The van der Waals surface area contributed by atoms with Gasteiger partial charge in [0.2, 0.25) is 5.89 Å². The Balaban J connectivity index is 1.66. The van der Waals surface area contributed by atoms with Crippen molar-refractivity contribution >= 4 is 16.7 Å². The first-order valence-electron chi connectivity index (χ1n) is 7.16. The van der Waals surface area contributed by atoms with Crippen LogP contribution in [0.15, 0.2) is 29.0 Å². The molecule has 1 aliphatic rings. The predicted molar refractivity (Wildman–Crippen MR) is 78.1 cm³/mol. The molecule has 0 bridgehead atoms. The van der Waals surface area contributed by atoms with E-state index in [2.05, 4.69) is 25.0 Å². The van der Waals surface area contributed by atoms with Crippen molar-refractivity contribution in [2.75, 3.05) is 18.0 Å². The maximum atomic E-state index is 13.3. The molecule has 0 spiro atoms. The molecule has 3 aromatic heterocycles. The van der Waals surface area contributed by atoms with E-state index in [-0.39, 0.29) is 11.7 Å². The molecular weight excluding hydrogens is 285 g/mol. The van der Waals surface area contributed by atoms with Crippen molar-refractivity contribution in [1.82, 2.24) is 20.1 Å². The minimum atomic E-state index is -0.377. The molecule has 1 unspecified atom stereocenters. The molecule has 4 rings (SSSR count). The van der Waals surface area contributed by atoms with Crippen molar-refractivity contribution in [3.8, 4) is 0 Å². The fourth-order valence-corrected chi connectivity index (χ4v) is 2.91. The van der Waals surface area contributed by atoms with Crippen LogP contribution in [0.3, 0.4) is 0 Å². The van der Waals surface area contributed by atoms with Crippen molar-refractivity contribution in [1.29, 1.82) is 0 Å². The number of rotatable bonds is 2. The Morgan fingerprint density at radius 1 is 1.36 bits per heavy atom. The Hall–Kier alpha value is -2.57. The van der Waals surface area contributed by atoms with E-state index in [1.54, 1.807) is 6.20 Å². The number of aromatic nitrogens is 4. The van der Waals surface area contributed by atoms with Crippen molar-refractivity contribution in [2.24, 2.45) is 0 Å². The van der Waals surface area contributed by atoms with Crippen LogP contribution in [0.2, 0.25) is 0 Å². The zero-order chi connectivity index (χ0) is 15.1. The number of hydrogen-bond donors (Lipinski definition) is 0.